The molecule has 0 atom stereocenters. The van der Waals surface area contributed by atoms with Crippen LogP contribution in [0.25, 0.3) is 12.2 Å². The first-order valence-corrected chi connectivity index (χ1v) is 7.95. The third-order valence-corrected chi connectivity index (χ3v) is 3.55. The van der Waals surface area contributed by atoms with Gasteiger partial charge in [0, 0.05) is 19.8 Å². The van der Waals surface area contributed by atoms with Crippen molar-refractivity contribution in [3.05, 3.63) is 89.5 Å². The molecule has 0 aliphatic rings. The number of rotatable bonds is 6. The molecule has 0 aliphatic carbocycles. The SMILES string of the molecule is Cc1cccc(C=CC=CC(=O)C=Cc2ccc(N(C)C)cc2)c1. The molecule has 0 saturated carbocycles. The van der Waals surface area contributed by atoms with E-state index < -0.39 is 0 Å². The van der Waals surface area contributed by atoms with Crippen molar-refractivity contribution in [2.24, 2.45) is 0 Å². The average molecular weight is 317 g/mol. The molecule has 2 heteroatoms. The Morgan fingerprint density at radius 3 is 2.29 bits per heavy atom. The summed E-state index contributed by atoms with van der Waals surface area (Å²) in [5.41, 5.74) is 4.50. The van der Waals surface area contributed by atoms with Gasteiger partial charge in [0.05, 0.1) is 0 Å². The zero-order valence-corrected chi connectivity index (χ0v) is 14.4. The molecule has 0 heterocycles. The van der Waals surface area contributed by atoms with Crippen molar-refractivity contribution >= 4 is 23.6 Å². The van der Waals surface area contributed by atoms with E-state index in [0.29, 0.717) is 0 Å². The van der Waals surface area contributed by atoms with Crippen LogP contribution in [0, 0.1) is 6.92 Å². The molecule has 0 bridgehead atoms. The third-order valence-electron chi connectivity index (χ3n) is 3.55. The van der Waals surface area contributed by atoms with Crippen LogP contribution in [0.4, 0.5) is 5.69 Å². The van der Waals surface area contributed by atoms with Crippen LogP contribution in [0.15, 0.2) is 72.8 Å². The number of ketones is 1. The van der Waals surface area contributed by atoms with E-state index in [2.05, 4.69) is 19.1 Å². The molecule has 0 spiro atoms. The van der Waals surface area contributed by atoms with Crippen LogP contribution in [0.1, 0.15) is 16.7 Å². The summed E-state index contributed by atoms with van der Waals surface area (Å²) >= 11 is 0. The molecule has 2 nitrogen and oxygen atoms in total. The molecule has 24 heavy (non-hydrogen) atoms. The molecule has 0 aliphatic heterocycles. The number of anilines is 1. The van der Waals surface area contributed by atoms with Crippen LogP contribution in [0.3, 0.4) is 0 Å². The maximum atomic E-state index is 11.8. The molecule has 2 aromatic carbocycles. The van der Waals surface area contributed by atoms with Gasteiger partial charge in [-0.25, -0.2) is 0 Å². The van der Waals surface area contributed by atoms with Gasteiger partial charge in [-0.15, -0.1) is 0 Å². The van der Waals surface area contributed by atoms with Crippen molar-refractivity contribution in [1.82, 2.24) is 0 Å². The molecule has 0 fully saturated rings. The van der Waals surface area contributed by atoms with Crippen molar-refractivity contribution in [2.45, 2.75) is 6.92 Å². The second-order valence-electron chi connectivity index (χ2n) is 5.85. The minimum absolute atomic E-state index is 0.0272. The highest BCUT2D eigenvalue weighted by Crippen LogP contribution is 2.13. The largest absolute Gasteiger partial charge is 0.378 e. The Bertz CT molecular complexity index is 765. The Kier molecular flexibility index (Phi) is 6.32. The number of aryl methyl sites for hydroxylation is 1. The fourth-order valence-electron chi connectivity index (χ4n) is 2.21. The van der Waals surface area contributed by atoms with Crippen LogP contribution in [0.2, 0.25) is 0 Å². The van der Waals surface area contributed by atoms with Gasteiger partial charge in [-0.3, -0.25) is 4.79 Å². The zero-order chi connectivity index (χ0) is 17.4. The van der Waals surface area contributed by atoms with E-state index in [0.717, 1.165) is 16.8 Å². The van der Waals surface area contributed by atoms with Crippen LogP contribution in [-0.2, 0) is 4.79 Å². The van der Waals surface area contributed by atoms with Crippen LogP contribution in [0.5, 0.6) is 0 Å². The first kappa shape index (κ1) is 17.5. The van der Waals surface area contributed by atoms with E-state index in [1.165, 1.54) is 5.56 Å². The fraction of sp³-hybridized carbons (Fsp3) is 0.136. The normalized spacial score (nSPS) is 11.6. The topological polar surface area (TPSA) is 20.3 Å². The fourth-order valence-corrected chi connectivity index (χ4v) is 2.21. The number of hydrogen-bond donors (Lipinski definition) is 0. The van der Waals surface area contributed by atoms with E-state index >= 15 is 0 Å². The molecule has 0 unspecified atom stereocenters. The van der Waals surface area contributed by atoms with Crippen LogP contribution in [-0.4, -0.2) is 19.9 Å². The number of hydrogen-bond acceptors (Lipinski definition) is 2. The highest BCUT2D eigenvalue weighted by molar-refractivity contribution is 6.02. The third kappa shape index (κ3) is 5.73. The number of carbonyl (C=O) groups is 1. The van der Waals surface area contributed by atoms with Crippen LogP contribution >= 0.6 is 0 Å². The van der Waals surface area contributed by atoms with Gasteiger partial charge in [-0.1, -0.05) is 66.3 Å². The molecule has 0 amide bonds. The quantitative estimate of drug-likeness (QED) is 0.557. The lowest BCUT2D eigenvalue weighted by Crippen LogP contribution is -2.07. The predicted molar refractivity (Wildman–Crippen MR) is 104 cm³/mol. The Morgan fingerprint density at radius 1 is 0.875 bits per heavy atom. The van der Waals surface area contributed by atoms with Gasteiger partial charge in [-0.05, 0) is 42.3 Å². The van der Waals surface area contributed by atoms with Gasteiger partial charge in [0.2, 0.25) is 0 Å². The van der Waals surface area contributed by atoms with Crippen molar-refractivity contribution in [3.63, 3.8) is 0 Å². The Morgan fingerprint density at radius 2 is 1.62 bits per heavy atom. The van der Waals surface area contributed by atoms with Gasteiger partial charge >= 0.3 is 0 Å². The molecule has 0 radical (unpaired) electrons. The molecule has 2 rings (SSSR count). The van der Waals surface area contributed by atoms with Crippen molar-refractivity contribution in [1.29, 1.82) is 0 Å². The average Bonchev–Trinajstić information content (AvgIpc) is 2.57. The van der Waals surface area contributed by atoms with Gasteiger partial charge in [0.25, 0.3) is 0 Å². The maximum absolute atomic E-state index is 11.8. The predicted octanol–water partition coefficient (Wildman–Crippen LogP) is 4.91. The van der Waals surface area contributed by atoms with E-state index in [9.17, 15) is 4.79 Å². The van der Waals surface area contributed by atoms with E-state index in [-0.39, 0.29) is 5.78 Å². The van der Waals surface area contributed by atoms with Gasteiger partial charge in [0.1, 0.15) is 0 Å². The Hall–Kier alpha value is -2.87. The summed E-state index contributed by atoms with van der Waals surface area (Å²) in [6, 6.07) is 16.3. The van der Waals surface area contributed by atoms with Gasteiger partial charge in [0.15, 0.2) is 5.78 Å². The zero-order valence-electron chi connectivity index (χ0n) is 14.4. The van der Waals surface area contributed by atoms with E-state index in [4.69, 9.17) is 0 Å². The maximum Gasteiger partial charge on any atom is 0.178 e. The molecule has 0 saturated heterocycles. The summed E-state index contributed by atoms with van der Waals surface area (Å²) in [7, 11) is 4.01. The standard InChI is InChI=1S/C22H23NO/c1-18-7-6-9-20(17-18)8-4-5-10-22(24)16-13-19-11-14-21(15-12-19)23(2)3/h4-17H,1-3H3. The highest BCUT2D eigenvalue weighted by atomic mass is 16.1. The summed E-state index contributed by atoms with van der Waals surface area (Å²) in [4.78, 5) is 13.9. The van der Waals surface area contributed by atoms with Crippen molar-refractivity contribution in [2.75, 3.05) is 19.0 Å². The molecule has 122 valence electrons. The monoisotopic (exact) mass is 317 g/mol. The first-order chi connectivity index (χ1) is 11.5. The van der Waals surface area contributed by atoms with Gasteiger partial charge < -0.3 is 4.90 Å². The summed E-state index contributed by atoms with van der Waals surface area (Å²) in [6.07, 6.45) is 10.6. The second kappa shape index (κ2) is 8.68. The number of nitrogens with zero attached hydrogens (tertiary/aromatic N) is 1. The van der Waals surface area contributed by atoms with Crippen molar-refractivity contribution in [3.8, 4) is 0 Å². The molecular weight excluding hydrogens is 294 g/mol. The lowest BCUT2D eigenvalue weighted by molar-refractivity contribution is -0.110. The number of carbonyl (C=O) groups excluding carboxylic acids is 1. The summed E-state index contributed by atoms with van der Waals surface area (Å²) in [5.74, 6) is -0.0272. The molecule has 0 N–H and O–H groups in total. The highest BCUT2D eigenvalue weighted by Gasteiger charge is 1.94. The minimum atomic E-state index is -0.0272. The second-order valence-corrected chi connectivity index (χ2v) is 5.85. The summed E-state index contributed by atoms with van der Waals surface area (Å²) in [6.45, 7) is 2.06. The summed E-state index contributed by atoms with van der Waals surface area (Å²) < 4.78 is 0. The minimum Gasteiger partial charge on any atom is -0.378 e. The Labute approximate surface area is 144 Å². The van der Waals surface area contributed by atoms with Gasteiger partial charge in [-0.2, -0.15) is 0 Å². The van der Waals surface area contributed by atoms with Crippen LogP contribution < -0.4 is 4.90 Å². The number of allylic oxidation sites excluding steroid dienone is 4. The lowest BCUT2D eigenvalue weighted by atomic mass is 10.1. The molecular formula is C22H23NO. The van der Waals surface area contributed by atoms with E-state index in [1.807, 2.05) is 73.6 Å². The number of benzene rings is 2. The summed E-state index contributed by atoms with van der Waals surface area (Å²) in [5, 5.41) is 0. The van der Waals surface area contributed by atoms with Crippen molar-refractivity contribution < 1.29 is 4.79 Å². The first-order valence-electron chi connectivity index (χ1n) is 7.95. The smallest absolute Gasteiger partial charge is 0.178 e. The molecule has 0 aromatic heterocycles. The lowest BCUT2D eigenvalue weighted by Gasteiger charge is -2.11. The van der Waals surface area contributed by atoms with E-state index in [1.54, 1.807) is 18.2 Å². The molecule has 2 aromatic rings. The Balaban J connectivity index is 1.90.